The second-order valence-electron chi connectivity index (χ2n) is 6.68. The molecule has 2 nitrogen and oxygen atoms in total. The molecule has 0 heterocycles. The van der Waals surface area contributed by atoms with Crippen molar-refractivity contribution in [3.05, 3.63) is 12.2 Å². The smallest absolute Gasteiger partial charge is 0.405 e. The second kappa shape index (κ2) is 3.18. The van der Waals surface area contributed by atoms with Crippen molar-refractivity contribution in [2.45, 2.75) is 25.4 Å². The van der Waals surface area contributed by atoms with Gasteiger partial charge in [0.2, 0.25) is 0 Å². The fourth-order valence-electron chi connectivity index (χ4n) is 5.78. The Kier molecular flexibility index (Phi) is 1.97. The molecular weight excluding hydrogens is 257 g/mol. The summed E-state index contributed by atoms with van der Waals surface area (Å²) >= 11 is 0. The SMILES string of the molecule is O=C(O)C1(C(F)(F)F)CC2CC1C1C3C=CC(C3)C21. The van der Waals surface area contributed by atoms with Gasteiger partial charge in [-0.15, -0.1) is 0 Å². The van der Waals surface area contributed by atoms with Crippen molar-refractivity contribution in [2.75, 3.05) is 0 Å². The summed E-state index contributed by atoms with van der Waals surface area (Å²) in [6.45, 7) is 0. The van der Waals surface area contributed by atoms with Gasteiger partial charge in [0.15, 0.2) is 5.41 Å². The normalized spacial score (nSPS) is 53.8. The van der Waals surface area contributed by atoms with Crippen molar-refractivity contribution < 1.29 is 23.1 Å². The van der Waals surface area contributed by atoms with Gasteiger partial charge in [0.1, 0.15) is 0 Å². The van der Waals surface area contributed by atoms with Gasteiger partial charge in [-0.1, -0.05) is 12.2 Å². The highest BCUT2D eigenvalue weighted by atomic mass is 19.4. The number of halogens is 3. The molecule has 7 unspecified atom stereocenters. The fraction of sp³-hybridized carbons (Fsp3) is 0.786. The number of allylic oxidation sites excluding steroid dienone is 2. The zero-order valence-electron chi connectivity index (χ0n) is 10.2. The molecule has 19 heavy (non-hydrogen) atoms. The maximum absolute atomic E-state index is 13.4. The van der Waals surface area contributed by atoms with Gasteiger partial charge in [0.25, 0.3) is 0 Å². The number of alkyl halides is 3. The van der Waals surface area contributed by atoms with E-state index >= 15 is 0 Å². The highest BCUT2D eigenvalue weighted by Crippen LogP contribution is 2.73. The molecule has 1 N–H and O–H groups in total. The molecule has 0 aromatic carbocycles. The van der Waals surface area contributed by atoms with E-state index in [0.29, 0.717) is 18.3 Å². The zero-order chi connectivity index (χ0) is 13.6. The van der Waals surface area contributed by atoms with Gasteiger partial charge in [-0.05, 0) is 54.8 Å². The first-order valence-electron chi connectivity index (χ1n) is 6.84. The van der Waals surface area contributed by atoms with Crippen LogP contribution in [0.2, 0.25) is 0 Å². The van der Waals surface area contributed by atoms with E-state index in [1.165, 1.54) is 0 Å². The minimum Gasteiger partial charge on any atom is -0.481 e. The standard InChI is InChI=1S/C14H15F3O2/c15-14(16,17)13(12(18)19)5-8-4-9(13)11-7-2-1-6(3-7)10(8)11/h1-2,6-11H,3-5H2,(H,18,19). The summed E-state index contributed by atoms with van der Waals surface area (Å²) in [7, 11) is 0. The van der Waals surface area contributed by atoms with Crippen molar-refractivity contribution in [1.82, 2.24) is 0 Å². The molecule has 104 valence electrons. The number of hydrogen-bond acceptors (Lipinski definition) is 1. The average Bonchev–Trinajstić information content (AvgIpc) is 3.04. The summed E-state index contributed by atoms with van der Waals surface area (Å²) < 4.78 is 40.3. The van der Waals surface area contributed by atoms with Crippen molar-refractivity contribution in [2.24, 2.45) is 40.9 Å². The topological polar surface area (TPSA) is 37.3 Å². The molecule has 0 radical (unpaired) electrons. The van der Waals surface area contributed by atoms with E-state index in [-0.39, 0.29) is 24.2 Å². The third-order valence-electron chi connectivity index (χ3n) is 6.25. The lowest BCUT2D eigenvalue weighted by Gasteiger charge is -2.43. The van der Waals surface area contributed by atoms with Crippen LogP contribution in [-0.4, -0.2) is 17.3 Å². The van der Waals surface area contributed by atoms with E-state index in [1.807, 2.05) is 6.08 Å². The Balaban J connectivity index is 1.79. The minimum absolute atomic E-state index is 0.0484. The van der Waals surface area contributed by atoms with Gasteiger partial charge in [-0.3, -0.25) is 4.79 Å². The monoisotopic (exact) mass is 272 g/mol. The summed E-state index contributed by atoms with van der Waals surface area (Å²) in [6.07, 6.45) is 0.729. The van der Waals surface area contributed by atoms with Crippen molar-refractivity contribution in [3.8, 4) is 0 Å². The van der Waals surface area contributed by atoms with Crippen LogP contribution in [-0.2, 0) is 4.79 Å². The Bertz CT molecular complexity index is 484. The number of carboxylic acid groups (broad SMARTS) is 1. The molecule has 4 aliphatic rings. The maximum atomic E-state index is 13.4. The lowest BCUT2D eigenvalue weighted by Crippen LogP contribution is -2.53. The largest absolute Gasteiger partial charge is 0.481 e. The first kappa shape index (κ1) is 11.8. The van der Waals surface area contributed by atoms with Crippen LogP contribution in [0.15, 0.2) is 12.2 Å². The summed E-state index contributed by atoms with van der Waals surface area (Å²) in [5.41, 5.74) is -2.48. The molecule has 4 rings (SSSR count). The maximum Gasteiger partial charge on any atom is 0.405 e. The number of carbonyl (C=O) groups is 1. The molecule has 5 heteroatoms. The Morgan fingerprint density at radius 3 is 2.37 bits per heavy atom. The van der Waals surface area contributed by atoms with Crippen molar-refractivity contribution in [3.63, 3.8) is 0 Å². The third-order valence-corrected chi connectivity index (χ3v) is 6.25. The van der Waals surface area contributed by atoms with E-state index in [4.69, 9.17) is 0 Å². The molecular formula is C14H15F3O2. The van der Waals surface area contributed by atoms with Crippen molar-refractivity contribution in [1.29, 1.82) is 0 Å². The van der Waals surface area contributed by atoms with Crippen LogP contribution in [0.1, 0.15) is 19.3 Å². The van der Waals surface area contributed by atoms with Gasteiger partial charge in [-0.25, -0.2) is 0 Å². The predicted octanol–water partition coefficient (Wildman–Crippen LogP) is 3.10. The number of aliphatic carboxylic acids is 1. The third kappa shape index (κ3) is 1.14. The molecule has 4 bridgehead atoms. The van der Waals surface area contributed by atoms with Crippen LogP contribution in [0.5, 0.6) is 0 Å². The van der Waals surface area contributed by atoms with Crippen LogP contribution in [0.25, 0.3) is 0 Å². The lowest BCUT2D eigenvalue weighted by molar-refractivity contribution is -0.252. The first-order valence-corrected chi connectivity index (χ1v) is 6.84. The molecule has 7 atom stereocenters. The minimum atomic E-state index is -4.63. The van der Waals surface area contributed by atoms with Gasteiger partial charge in [-0.2, -0.15) is 13.2 Å². The quantitative estimate of drug-likeness (QED) is 0.588. The predicted molar refractivity (Wildman–Crippen MR) is 60.1 cm³/mol. The van der Waals surface area contributed by atoms with Gasteiger partial charge in [0, 0.05) is 0 Å². The molecule has 0 saturated heterocycles. The van der Waals surface area contributed by atoms with Crippen LogP contribution in [0.4, 0.5) is 13.2 Å². The number of rotatable bonds is 1. The summed E-state index contributed by atoms with van der Waals surface area (Å²) in [5, 5.41) is 9.27. The number of fused-ring (bicyclic) bond motifs is 9. The molecule has 0 aromatic heterocycles. The van der Waals surface area contributed by atoms with E-state index in [2.05, 4.69) is 6.08 Å². The van der Waals surface area contributed by atoms with Crippen LogP contribution in [0, 0.1) is 40.9 Å². The van der Waals surface area contributed by atoms with E-state index in [1.54, 1.807) is 0 Å². The Labute approximate surface area is 108 Å². The Morgan fingerprint density at radius 2 is 1.79 bits per heavy atom. The first-order chi connectivity index (χ1) is 8.86. The van der Waals surface area contributed by atoms with Gasteiger partial charge < -0.3 is 5.11 Å². The Morgan fingerprint density at radius 1 is 1.16 bits per heavy atom. The average molecular weight is 272 g/mol. The number of hydrogen-bond donors (Lipinski definition) is 1. The molecule has 0 spiro atoms. The molecule has 3 saturated carbocycles. The van der Waals surface area contributed by atoms with Gasteiger partial charge >= 0.3 is 12.1 Å². The molecule has 3 fully saturated rings. The van der Waals surface area contributed by atoms with Crippen LogP contribution in [0.3, 0.4) is 0 Å². The fourth-order valence-corrected chi connectivity index (χ4v) is 5.78. The van der Waals surface area contributed by atoms with E-state index in [0.717, 1.165) is 6.42 Å². The highest BCUT2D eigenvalue weighted by molar-refractivity contribution is 5.77. The molecule has 0 aliphatic heterocycles. The second-order valence-corrected chi connectivity index (χ2v) is 6.68. The Hall–Kier alpha value is -1.00. The zero-order valence-corrected chi connectivity index (χ0v) is 10.2. The highest BCUT2D eigenvalue weighted by Gasteiger charge is 2.76. The number of carboxylic acids is 1. The summed E-state index contributed by atoms with van der Waals surface area (Å²) in [5.74, 6) is -1.55. The van der Waals surface area contributed by atoms with Crippen molar-refractivity contribution >= 4 is 5.97 Å². The van der Waals surface area contributed by atoms with E-state index < -0.39 is 23.5 Å². The molecule has 0 aromatic rings. The lowest BCUT2D eigenvalue weighted by atomic mass is 9.61. The summed E-state index contributed by atoms with van der Waals surface area (Å²) in [6, 6.07) is 0. The van der Waals surface area contributed by atoms with Crippen LogP contribution >= 0.6 is 0 Å². The molecule has 0 amide bonds. The summed E-state index contributed by atoms with van der Waals surface area (Å²) in [4.78, 5) is 11.4. The van der Waals surface area contributed by atoms with Gasteiger partial charge in [0.05, 0.1) is 0 Å². The van der Waals surface area contributed by atoms with E-state index in [9.17, 15) is 23.1 Å². The molecule has 4 aliphatic carbocycles. The van der Waals surface area contributed by atoms with Crippen LogP contribution < -0.4 is 0 Å².